The molecule has 6 rings (SSSR count). The van der Waals surface area contributed by atoms with Crippen LogP contribution < -0.4 is 10.2 Å². The van der Waals surface area contributed by atoms with Crippen LogP contribution in [-0.4, -0.2) is 49.1 Å². The van der Waals surface area contributed by atoms with Gasteiger partial charge in [0.2, 0.25) is 5.91 Å². The van der Waals surface area contributed by atoms with Gasteiger partial charge in [0.1, 0.15) is 0 Å². The molecule has 1 saturated heterocycles. The second-order valence-electron chi connectivity index (χ2n) is 12.3. The molecule has 2 aromatic carbocycles. The van der Waals surface area contributed by atoms with E-state index >= 15 is 0 Å². The summed E-state index contributed by atoms with van der Waals surface area (Å²) < 4.78 is 39.6. The van der Waals surface area contributed by atoms with Gasteiger partial charge in [0.05, 0.1) is 11.0 Å². The fourth-order valence-electron chi connectivity index (χ4n) is 8.13. The monoisotopic (exact) mass is 539 g/mol. The average Bonchev–Trinajstić information content (AvgIpc) is 3.51. The number of carbonyl (C=O) groups is 1. The summed E-state index contributed by atoms with van der Waals surface area (Å²) in [5.41, 5.74) is 1.17. The lowest BCUT2D eigenvalue weighted by Crippen LogP contribution is -2.53. The molecule has 4 nitrogen and oxygen atoms in total. The van der Waals surface area contributed by atoms with Crippen LogP contribution in [0.5, 0.6) is 0 Å². The number of hydrogen-bond acceptors (Lipinski definition) is 3. The number of carbonyl (C=O) groups excluding carboxylic acids is 1. The second-order valence-corrected chi connectivity index (χ2v) is 12.3. The van der Waals surface area contributed by atoms with Gasteiger partial charge in [-0.1, -0.05) is 42.8 Å². The zero-order chi connectivity index (χ0) is 27.0. The van der Waals surface area contributed by atoms with Crippen LogP contribution in [0.1, 0.15) is 74.8 Å². The van der Waals surface area contributed by atoms with Crippen LogP contribution >= 0.6 is 0 Å². The molecule has 0 radical (unpaired) electrons. The largest absolute Gasteiger partial charge is 0.416 e. The lowest BCUT2D eigenvalue weighted by atomic mass is 9.78. The van der Waals surface area contributed by atoms with Crippen molar-refractivity contribution < 1.29 is 18.0 Å². The van der Waals surface area contributed by atoms with Crippen LogP contribution in [0, 0.1) is 11.3 Å². The van der Waals surface area contributed by atoms with Crippen molar-refractivity contribution in [3.8, 4) is 0 Å². The summed E-state index contributed by atoms with van der Waals surface area (Å²) in [4.78, 5) is 18.0. The van der Waals surface area contributed by atoms with E-state index in [4.69, 9.17) is 0 Å². The SMILES string of the molecule is O=C(N1CCN(c2cccc(C(F)(F)F)c2)CC1)C12CCCC1CC(NC1CCC(c3ccccc3)CC1)C2. The Labute approximate surface area is 229 Å². The molecule has 4 fully saturated rings. The summed E-state index contributed by atoms with van der Waals surface area (Å²) in [5, 5.41) is 3.98. The third kappa shape index (κ3) is 5.44. The van der Waals surface area contributed by atoms with Crippen molar-refractivity contribution in [3.63, 3.8) is 0 Å². The predicted molar refractivity (Wildman–Crippen MR) is 148 cm³/mol. The molecule has 39 heavy (non-hydrogen) atoms. The van der Waals surface area contributed by atoms with Crippen molar-refractivity contribution in [1.29, 1.82) is 0 Å². The number of benzene rings is 2. The third-order valence-electron chi connectivity index (χ3n) is 10.1. The van der Waals surface area contributed by atoms with E-state index in [1.54, 1.807) is 6.07 Å². The maximum atomic E-state index is 14.0. The summed E-state index contributed by atoms with van der Waals surface area (Å²) in [7, 11) is 0. The molecular weight excluding hydrogens is 499 g/mol. The van der Waals surface area contributed by atoms with Crippen molar-refractivity contribution >= 4 is 11.6 Å². The van der Waals surface area contributed by atoms with E-state index in [9.17, 15) is 18.0 Å². The number of nitrogens with zero attached hydrogens (tertiary/aromatic N) is 2. The first-order chi connectivity index (χ1) is 18.8. The molecule has 1 N–H and O–H groups in total. The number of fused-ring (bicyclic) bond motifs is 1. The number of anilines is 1. The number of nitrogens with one attached hydrogen (secondary N) is 1. The maximum Gasteiger partial charge on any atom is 0.416 e. The van der Waals surface area contributed by atoms with Crippen LogP contribution in [0.3, 0.4) is 0 Å². The van der Waals surface area contributed by atoms with Crippen molar-refractivity contribution in [2.24, 2.45) is 11.3 Å². The lowest BCUT2D eigenvalue weighted by Gasteiger charge is -2.41. The Balaban J connectivity index is 1.04. The molecule has 3 aliphatic carbocycles. The van der Waals surface area contributed by atoms with Gasteiger partial charge in [-0.3, -0.25) is 4.79 Å². The van der Waals surface area contributed by atoms with Crippen molar-refractivity contribution in [1.82, 2.24) is 10.2 Å². The Morgan fingerprint density at radius 2 is 1.62 bits per heavy atom. The highest BCUT2D eigenvalue weighted by Crippen LogP contribution is 2.55. The molecule has 0 aromatic heterocycles. The number of amides is 1. The fourth-order valence-corrected chi connectivity index (χ4v) is 8.13. The zero-order valence-corrected chi connectivity index (χ0v) is 22.6. The van der Waals surface area contributed by atoms with E-state index in [1.807, 2.05) is 9.80 Å². The van der Waals surface area contributed by atoms with Crippen LogP contribution in [0.15, 0.2) is 54.6 Å². The molecule has 3 unspecified atom stereocenters. The summed E-state index contributed by atoms with van der Waals surface area (Å²) in [6.45, 7) is 2.29. The van der Waals surface area contributed by atoms with Crippen LogP contribution in [0.2, 0.25) is 0 Å². The second kappa shape index (κ2) is 10.8. The van der Waals surface area contributed by atoms with Gasteiger partial charge in [0.15, 0.2) is 0 Å². The highest BCUT2D eigenvalue weighted by molar-refractivity contribution is 5.84. The third-order valence-corrected chi connectivity index (χ3v) is 10.1. The molecule has 7 heteroatoms. The van der Waals surface area contributed by atoms with Gasteiger partial charge in [0.25, 0.3) is 0 Å². The molecule has 1 aliphatic heterocycles. The van der Waals surface area contributed by atoms with E-state index in [2.05, 4.69) is 35.6 Å². The quantitative estimate of drug-likeness (QED) is 0.464. The molecule has 1 heterocycles. The first kappa shape index (κ1) is 26.7. The molecule has 0 bridgehead atoms. The standard InChI is InChI=1S/C32H40F3N3O/c33-32(34,35)26-8-4-10-29(21-26)37-16-18-38(19-17-37)30(39)31-15-5-9-25(31)20-28(22-31)36-27-13-11-24(12-14-27)23-6-2-1-3-7-23/h1-4,6-8,10,21,24-25,27-28,36H,5,9,11-20,22H2. The minimum Gasteiger partial charge on any atom is -0.368 e. The molecule has 3 saturated carbocycles. The summed E-state index contributed by atoms with van der Waals surface area (Å²) >= 11 is 0. The molecule has 0 spiro atoms. The van der Waals surface area contributed by atoms with E-state index in [1.165, 1.54) is 43.4 Å². The van der Waals surface area contributed by atoms with Crippen LogP contribution in [0.4, 0.5) is 18.9 Å². The Morgan fingerprint density at radius 3 is 2.33 bits per heavy atom. The van der Waals surface area contributed by atoms with Gasteiger partial charge < -0.3 is 15.1 Å². The van der Waals surface area contributed by atoms with Crippen LogP contribution in [0.25, 0.3) is 0 Å². The van der Waals surface area contributed by atoms with Gasteiger partial charge in [0, 0.05) is 44.0 Å². The average molecular weight is 540 g/mol. The predicted octanol–water partition coefficient (Wildman–Crippen LogP) is 6.62. The maximum absolute atomic E-state index is 14.0. The van der Waals surface area contributed by atoms with Gasteiger partial charge in [-0.15, -0.1) is 0 Å². The Morgan fingerprint density at radius 1 is 0.872 bits per heavy atom. The number of halogens is 3. The van der Waals surface area contributed by atoms with Crippen molar-refractivity contribution in [3.05, 3.63) is 65.7 Å². The minimum atomic E-state index is -4.35. The first-order valence-electron chi connectivity index (χ1n) is 14.8. The molecule has 3 atom stereocenters. The molecule has 4 aliphatic rings. The van der Waals surface area contributed by atoms with Gasteiger partial charge >= 0.3 is 6.18 Å². The van der Waals surface area contributed by atoms with Crippen LogP contribution in [-0.2, 0) is 11.0 Å². The summed E-state index contributed by atoms with van der Waals surface area (Å²) in [6, 6.07) is 17.4. The highest BCUT2D eigenvalue weighted by Gasteiger charge is 2.56. The number of rotatable bonds is 5. The molecule has 210 valence electrons. The minimum absolute atomic E-state index is 0.253. The van der Waals surface area contributed by atoms with Gasteiger partial charge in [-0.2, -0.15) is 13.2 Å². The first-order valence-corrected chi connectivity index (χ1v) is 14.8. The smallest absolute Gasteiger partial charge is 0.368 e. The Kier molecular flexibility index (Phi) is 7.38. The van der Waals surface area contributed by atoms with Crippen molar-refractivity contribution in [2.75, 3.05) is 31.1 Å². The fraction of sp³-hybridized carbons (Fsp3) is 0.594. The number of alkyl halides is 3. The summed E-state index contributed by atoms with van der Waals surface area (Å²) in [6.07, 6.45) is 5.73. The number of piperazine rings is 1. The normalized spacial score (nSPS) is 31.4. The number of hydrogen-bond donors (Lipinski definition) is 1. The zero-order valence-electron chi connectivity index (χ0n) is 22.6. The van der Waals surface area contributed by atoms with E-state index in [0.29, 0.717) is 61.7 Å². The lowest BCUT2D eigenvalue weighted by molar-refractivity contribution is -0.143. The Hall–Kier alpha value is -2.54. The molecule has 1 amide bonds. The van der Waals surface area contributed by atoms with E-state index < -0.39 is 11.7 Å². The van der Waals surface area contributed by atoms with Gasteiger partial charge in [-0.25, -0.2) is 0 Å². The Bertz CT molecular complexity index is 1140. The van der Waals surface area contributed by atoms with E-state index in [0.717, 1.165) is 38.2 Å². The summed E-state index contributed by atoms with van der Waals surface area (Å²) in [5.74, 6) is 1.41. The van der Waals surface area contributed by atoms with Crippen molar-refractivity contribution in [2.45, 2.75) is 82.0 Å². The highest BCUT2D eigenvalue weighted by atomic mass is 19.4. The molecule has 2 aromatic rings. The van der Waals surface area contributed by atoms with E-state index in [-0.39, 0.29) is 5.41 Å². The van der Waals surface area contributed by atoms with Gasteiger partial charge in [-0.05, 0) is 87.0 Å². The molecular formula is C32H40F3N3O. The topological polar surface area (TPSA) is 35.6 Å².